The highest BCUT2D eigenvalue weighted by atomic mass is 16.6. The quantitative estimate of drug-likeness (QED) is 0.0663. The third-order valence-corrected chi connectivity index (χ3v) is 11.1. The van der Waals surface area contributed by atoms with Crippen LogP contribution in [0.5, 0.6) is 0 Å². The lowest BCUT2D eigenvalue weighted by molar-refractivity contribution is -0.157. The molecule has 0 spiro atoms. The molecule has 10 nitrogen and oxygen atoms in total. The number of cyclic esters (lactones) is 1. The van der Waals surface area contributed by atoms with Gasteiger partial charge in [0.25, 0.3) is 0 Å². The Balaban J connectivity index is 1.69. The van der Waals surface area contributed by atoms with Crippen molar-refractivity contribution in [2.75, 3.05) is 7.11 Å². The molecule has 0 aromatic heterocycles. The van der Waals surface area contributed by atoms with E-state index in [9.17, 15) is 19.8 Å². The molecule has 4 N–H and O–H groups in total. The monoisotopic (exact) mass is 760 g/mol. The molecule has 2 aromatic carbocycles. The number of benzene rings is 2. The average molecular weight is 761 g/mol. The number of aliphatic hydroxyl groups is 2. The molecule has 0 radical (unpaired) electrons. The van der Waals surface area contributed by atoms with Gasteiger partial charge in [-0.1, -0.05) is 106 Å². The molecular weight excluding hydrogens is 697 g/mol. The minimum Gasteiger partial charge on any atom is -0.457 e. The summed E-state index contributed by atoms with van der Waals surface area (Å²) in [4.78, 5) is 25.1. The minimum absolute atomic E-state index is 0.0110. The van der Waals surface area contributed by atoms with E-state index >= 15 is 0 Å². The summed E-state index contributed by atoms with van der Waals surface area (Å²) in [5.41, 5.74) is 1.04. The van der Waals surface area contributed by atoms with Gasteiger partial charge in [-0.25, -0.2) is 0 Å². The van der Waals surface area contributed by atoms with Crippen LogP contribution in [-0.2, 0) is 41.6 Å². The van der Waals surface area contributed by atoms with Gasteiger partial charge in [-0.3, -0.25) is 9.59 Å². The van der Waals surface area contributed by atoms with Crippen LogP contribution >= 0.6 is 0 Å². The standard InChI is InChI=1S/C45H64N2O8/c1-9-37(52-8)32(4)41-42(55-41)43(46-28-34-18-12-10-13-19-34)44(6,47-29-35-20-14-11-15-21-35)25-16-17-30(2)40-31(3)22-23-38(53-33(5)48)45(7,51)26-24-36(49)27-39(50)54-40/h10-23,25,31-32,36-38,40-43,46-47,49,51H,9,24,26-29H2,1-8H3/t31-,32+,36+,37-,38-,40+,41+,42-,43?,44?,45?/m0/s1. The predicted molar refractivity (Wildman–Crippen MR) is 215 cm³/mol. The number of rotatable bonds is 16. The summed E-state index contributed by atoms with van der Waals surface area (Å²) in [5.74, 6) is -1.21. The fraction of sp³-hybridized carbons (Fsp3) is 0.556. The zero-order chi connectivity index (χ0) is 40.2. The summed E-state index contributed by atoms with van der Waals surface area (Å²) in [7, 11) is 1.76. The highest BCUT2D eigenvalue weighted by Gasteiger charge is 2.54. The molecular formula is C45H64N2O8. The molecule has 0 saturated carbocycles. The number of esters is 2. The summed E-state index contributed by atoms with van der Waals surface area (Å²) in [6.45, 7) is 14.5. The highest BCUT2D eigenvalue weighted by molar-refractivity contribution is 5.70. The molecule has 0 aliphatic carbocycles. The second-order valence-corrected chi connectivity index (χ2v) is 15.8. The van der Waals surface area contributed by atoms with Gasteiger partial charge in [0.15, 0.2) is 0 Å². The molecule has 302 valence electrons. The first kappa shape index (κ1) is 44.1. The van der Waals surface area contributed by atoms with E-state index in [0.717, 1.165) is 17.6 Å². The number of allylic oxidation sites excluding steroid dienone is 2. The molecule has 10 heteroatoms. The first-order chi connectivity index (χ1) is 26.2. The molecule has 4 rings (SSSR count). The van der Waals surface area contributed by atoms with E-state index in [-0.39, 0.29) is 55.5 Å². The smallest absolute Gasteiger partial charge is 0.309 e. The summed E-state index contributed by atoms with van der Waals surface area (Å²) in [5, 5.41) is 29.6. The van der Waals surface area contributed by atoms with E-state index in [1.807, 2.05) is 68.5 Å². The molecule has 2 aromatic rings. The fourth-order valence-electron chi connectivity index (χ4n) is 7.57. The molecule has 55 heavy (non-hydrogen) atoms. The van der Waals surface area contributed by atoms with Gasteiger partial charge >= 0.3 is 11.9 Å². The van der Waals surface area contributed by atoms with Gasteiger partial charge in [0.05, 0.1) is 36.3 Å². The van der Waals surface area contributed by atoms with E-state index in [4.69, 9.17) is 18.9 Å². The number of carbonyl (C=O) groups is 2. The van der Waals surface area contributed by atoms with Gasteiger partial charge in [-0.05, 0) is 62.8 Å². The van der Waals surface area contributed by atoms with Crippen LogP contribution in [0.4, 0.5) is 0 Å². The van der Waals surface area contributed by atoms with Crippen LogP contribution in [0, 0.1) is 11.8 Å². The molecule has 11 atom stereocenters. The summed E-state index contributed by atoms with van der Waals surface area (Å²) < 4.78 is 23.8. The number of epoxide rings is 1. The normalized spacial score (nSPS) is 29.3. The van der Waals surface area contributed by atoms with E-state index < -0.39 is 41.4 Å². The Kier molecular flexibility index (Phi) is 16.4. The molecule has 3 unspecified atom stereocenters. The second-order valence-electron chi connectivity index (χ2n) is 15.8. The number of ether oxygens (including phenoxy) is 4. The third kappa shape index (κ3) is 13.0. The topological polar surface area (TPSA) is 139 Å². The predicted octanol–water partition coefficient (Wildman–Crippen LogP) is 6.36. The highest BCUT2D eigenvalue weighted by Crippen LogP contribution is 2.39. The molecule has 1 saturated heterocycles. The Morgan fingerprint density at radius 1 is 1.05 bits per heavy atom. The van der Waals surface area contributed by atoms with E-state index in [1.165, 1.54) is 12.5 Å². The lowest BCUT2D eigenvalue weighted by Crippen LogP contribution is -2.59. The van der Waals surface area contributed by atoms with Gasteiger partial charge in [0, 0.05) is 39.0 Å². The number of carbonyl (C=O) groups excluding carboxylic acids is 2. The van der Waals surface area contributed by atoms with Crippen LogP contribution in [0.25, 0.3) is 0 Å². The first-order valence-corrected chi connectivity index (χ1v) is 19.7. The lowest BCUT2D eigenvalue weighted by atomic mass is 9.84. The minimum atomic E-state index is -1.44. The molecule has 1 fully saturated rings. The zero-order valence-corrected chi connectivity index (χ0v) is 33.9. The average Bonchev–Trinajstić information content (AvgIpc) is 3.95. The second kappa shape index (κ2) is 20.5. The maximum Gasteiger partial charge on any atom is 0.309 e. The van der Waals surface area contributed by atoms with Crippen molar-refractivity contribution in [3.63, 3.8) is 0 Å². The van der Waals surface area contributed by atoms with Gasteiger partial charge in [0.1, 0.15) is 23.9 Å². The maximum absolute atomic E-state index is 13.1. The molecule has 0 amide bonds. The van der Waals surface area contributed by atoms with E-state index in [0.29, 0.717) is 13.1 Å². The Morgan fingerprint density at radius 2 is 1.69 bits per heavy atom. The fourth-order valence-corrected chi connectivity index (χ4v) is 7.57. The molecule has 2 heterocycles. The van der Waals surface area contributed by atoms with Crippen LogP contribution < -0.4 is 10.6 Å². The Bertz CT molecular complexity index is 1590. The maximum atomic E-state index is 13.1. The van der Waals surface area contributed by atoms with Crippen molar-refractivity contribution in [3.05, 3.63) is 108 Å². The van der Waals surface area contributed by atoms with Crippen molar-refractivity contribution < 1.29 is 38.7 Å². The zero-order valence-electron chi connectivity index (χ0n) is 33.9. The van der Waals surface area contributed by atoms with Crippen LogP contribution in [0.1, 0.15) is 85.3 Å². The van der Waals surface area contributed by atoms with Gasteiger partial charge in [0.2, 0.25) is 0 Å². The third-order valence-electron chi connectivity index (χ3n) is 11.1. The molecule has 2 aliphatic heterocycles. The van der Waals surface area contributed by atoms with Crippen molar-refractivity contribution >= 4 is 11.9 Å². The lowest BCUT2D eigenvalue weighted by Gasteiger charge is -2.37. The Morgan fingerprint density at radius 3 is 2.29 bits per heavy atom. The van der Waals surface area contributed by atoms with E-state index in [2.05, 4.69) is 61.7 Å². The van der Waals surface area contributed by atoms with Crippen molar-refractivity contribution in [1.29, 1.82) is 0 Å². The number of nitrogens with one attached hydrogen (secondary N) is 2. The van der Waals surface area contributed by atoms with Crippen molar-refractivity contribution in [1.82, 2.24) is 10.6 Å². The van der Waals surface area contributed by atoms with Crippen molar-refractivity contribution in [2.45, 2.75) is 141 Å². The van der Waals surface area contributed by atoms with Crippen LogP contribution in [0.3, 0.4) is 0 Å². The number of methoxy groups -OCH3 is 1. The number of aliphatic hydroxyl groups excluding tert-OH is 1. The number of hydrogen-bond acceptors (Lipinski definition) is 10. The summed E-state index contributed by atoms with van der Waals surface area (Å²) >= 11 is 0. The molecule has 0 bridgehead atoms. The summed E-state index contributed by atoms with van der Waals surface area (Å²) in [6.07, 6.45) is 7.84. The Hall–Kier alpha value is -3.64. The van der Waals surface area contributed by atoms with Crippen LogP contribution in [0.15, 0.2) is 96.6 Å². The van der Waals surface area contributed by atoms with Gasteiger partial charge < -0.3 is 39.8 Å². The first-order valence-electron chi connectivity index (χ1n) is 19.7. The number of hydrogen-bond donors (Lipinski definition) is 4. The largest absolute Gasteiger partial charge is 0.457 e. The van der Waals surface area contributed by atoms with Crippen LogP contribution in [-0.4, -0.2) is 83.1 Å². The molecule has 2 aliphatic rings. The van der Waals surface area contributed by atoms with Crippen molar-refractivity contribution in [2.24, 2.45) is 11.8 Å². The van der Waals surface area contributed by atoms with Crippen LogP contribution in [0.2, 0.25) is 0 Å². The van der Waals surface area contributed by atoms with Crippen molar-refractivity contribution in [3.8, 4) is 0 Å². The van der Waals surface area contributed by atoms with Gasteiger partial charge in [-0.15, -0.1) is 0 Å². The van der Waals surface area contributed by atoms with E-state index in [1.54, 1.807) is 20.1 Å². The SMILES string of the molecule is CC[C@H](OC)[C@@H](C)[C@H]1O[C@@H]1C(NCc1ccccc1)C(C)(C=CC=C(C)[C@H]1OC(=O)C[C@H](O)CCC(C)(O)[C@@H](OC(C)=O)C=C[C@@H]1C)NCc1ccccc1. The van der Waals surface area contributed by atoms with Gasteiger partial charge in [-0.2, -0.15) is 0 Å². The Labute approximate surface area is 328 Å². The summed E-state index contributed by atoms with van der Waals surface area (Å²) in [6, 6.07) is 20.5.